The first kappa shape index (κ1) is 16.3. The fraction of sp³-hybridized carbons (Fsp3) is 0.368. The van der Waals surface area contributed by atoms with Gasteiger partial charge in [-0.1, -0.05) is 35.4 Å². The Kier molecular flexibility index (Phi) is 4.88. The van der Waals surface area contributed by atoms with Crippen molar-refractivity contribution in [2.45, 2.75) is 26.4 Å². The van der Waals surface area contributed by atoms with Crippen LogP contribution < -0.4 is 4.90 Å². The largest absolute Gasteiger partial charge is 0.366 e. The molecule has 0 bridgehead atoms. The SMILES string of the molecule is Cc1ccc(N2CCN(Cc3ccc(F)cc3Cl)CC2C)cc1. The first-order valence-electron chi connectivity index (χ1n) is 8.02. The summed E-state index contributed by atoms with van der Waals surface area (Å²) in [6.45, 7) is 8.07. The predicted octanol–water partition coefficient (Wildman–Crippen LogP) is 4.50. The molecular weight excluding hydrogens is 311 g/mol. The molecule has 2 nitrogen and oxygen atoms in total. The van der Waals surface area contributed by atoms with Crippen LogP contribution in [0, 0.1) is 12.7 Å². The highest BCUT2D eigenvalue weighted by molar-refractivity contribution is 6.31. The molecule has 1 unspecified atom stereocenters. The summed E-state index contributed by atoms with van der Waals surface area (Å²) in [6.07, 6.45) is 0. The smallest absolute Gasteiger partial charge is 0.124 e. The summed E-state index contributed by atoms with van der Waals surface area (Å²) in [6, 6.07) is 13.8. The maximum Gasteiger partial charge on any atom is 0.124 e. The van der Waals surface area contributed by atoms with Crippen molar-refractivity contribution in [2.75, 3.05) is 24.5 Å². The van der Waals surface area contributed by atoms with Gasteiger partial charge < -0.3 is 4.90 Å². The van der Waals surface area contributed by atoms with Gasteiger partial charge in [-0.05, 0) is 43.7 Å². The number of anilines is 1. The van der Waals surface area contributed by atoms with Gasteiger partial charge in [-0.15, -0.1) is 0 Å². The fourth-order valence-corrected chi connectivity index (χ4v) is 3.41. The van der Waals surface area contributed by atoms with Crippen molar-refractivity contribution < 1.29 is 4.39 Å². The van der Waals surface area contributed by atoms with Crippen molar-refractivity contribution in [3.05, 3.63) is 64.4 Å². The summed E-state index contributed by atoms with van der Waals surface area (Å²) >= 11 is 6.15. The number of aryl methyl sites for hydroxylation is 1. The second-order valence-electron chi connectivity index (χ2n) is 6.35. The molecule has 0 N–H and O–H groups in total. The lowest BCUT2D eigenvalue weighted by molar-refractivity contribution is 0.221. The molecule has 0 aliphatic carbocycles. The van der Waals surface area contributed by atoms with E-state index in [2.05, 4.69) is 47.9 Å². The zero-order valence-electron chi connectivity index (χ0n) is 13.6. The molecule has 0 amide bonds. The Bertz CT molecular complexity index is 672. The molecular formula is C19H22ClFN2. The van der Waals surface area contributed by atoms with Crippen LogP contribution in [0.3, 0.4) is 0 Å². The Morgan fingerprint density at radius 3 is 2.52 bits per heavy atom. The molecule has 1 atom stereocenters. The molecule has 0 saturated carbocycles. The third kappa shape index (κ3) is 3.85. The topological polar surface area (TPSA) is 6.48 Å². The number of nitrogens with zero attached hydrogens (tertiary/aromatic N) is 2. The van der Waals surface area contributed by atoms with E-state index in [9.17, 15) is 4.39 Å². The molecule has 1 aliphatic rings. The lowest BCUT2D eigenvalue weighted by Gasteiger charge is -2.41. The summed E-state index contributed by atoms with van der Waals surface area (Å²) < 4.78 is 13.2. The number of hydrogen-bond donors (Lipinski definition) is 0. The molecule has 2 aromatic rings. The van der Waals surface area contributed by atoms with E-state index >= 15 is 0 Å². The van der Waals surface area contributed by atoms with Gasteiger partial charge in [0.15, 0.2) is 0 Å². The van der Waals surface area contributed by atoms with E-state index < -0.39 is 0 Å². The van der Waals surface area contributed by atoms with Crippen LogP contribution in [0.4, 0.5) is 10.1 Å². The maximum absolute atomic E-state index is 13.2. The minimum atomic E-state index is -0.281. The molecule has 1 heterocycles. The van der Waals surface area contributed by atoms with Crippen LogP contribution in [0.1, 0.15) is 18.1 Å². The predicted molar refractivity (Wildman–Crippen MR) is 94.7 cm³/mol. The number of rotatable bonds is 3. The molecule has 4 heteroatoms. The highest BCUT2D eigenvalue weighted by Gasteiger charge is 2.24. The van der Waals surface area contributed by atoms with Crippen LogP contribution >= 0.6 is 11.6 Å². The lowest BCUT2D eigenvalue weighted by atomic mass is 10.1. The number of benzene rings is 2. The quantitative estimate of drug-likeness (QED) is 0.816. The molecule has 3 rings (SSSR count). The second kappa shape index (κ2) is 6.90. The summed E-state index contributed by atoms with van der Waals surface area (Å²) in [5.74, 6) is -0.281. The standard InChI is InChI=1S/C19H22ClFN2/c1-14-3-7-18(8-4-14)23-10-9-22(12-15(23)2)13-16-5-6-17(21)11-19(16)20/h3-8,11,15H,9-10,12-13H2,1-2H3. The van der Waals surface area contributed by atoms with Gasteiger partial charge in [0.1, 0.15) is 5.82 Å². The van der Waals surface area contributed by atoms with Crippen LogP contribution in [0.25, 0.3) is 0 Å². The Morgan fingerprint density at radius 2 is 1.87 bits per heavy atom. The van der Waals surface area contributed by atoms with E-state index in [1.54, 1.807) is 6.07 Å². The Balaban J connectivity index is 1.65. The minimum Gasteiger partial charge on any atom is -0.366 e. The molecule has 122 valence electrons. The molecule has 1 saturated heterocycles. The van der Waals surface area contributed by atoms with Crippen molar-refractivity contribution in [2.24, 2.45) is 0 Å². The highest BCUT2D eigenvalue weighted by Crippen LogP contribution is 2.24. The summed E-state index contributed by atoms with van der Waals surface area (Å²) in [4.78, 5) is 4.83. The Hall–Kier alpha value is -1.58. The van der Waals surface area contributed by atoms with Crippen LogP contribution in [0.15, 0.2) is 42.5 Å². The maximum atomic E-state index is 13.2. The number of hydrogen-bond acceptors (Lipinski definition) is 2. The summed E-state index contributed by atoms with van der Waals surface area (Å²) in [5.41, 5.74) is 3.55. The van der Waals surface area contributed by atoms with Crippen molar-refractivity contribution in [3.63, 3.8) is 0 Å². The van der Waals surface area contributed by atoms with E-state index in [-0.39, 0.29) is 5.82 Å². The number of halogens is 2. The Labute approximate surface area is 142 Å². The van der Waals surface area contributed by atoms with Gasteiger partial charge in [-0.25, -0.2) is 4.39 Å². The average molecular weight is 333 g/mol. The van der Waals surface area contributed by atoms with Gasteiger partial charge in [0.2, 0.25) is 0 Å². The molecule has 0 spiro atoms. The van der Waals surface area contributed by atoms with Gasteiger partial charge in [-0.3, -0.25) is 4.90 Å². The van der Waals surface area contributed by atoms with E-state index in [1.807, 2.05) is 0 Å². The zero-order chi connectivity index (χ0) is 16.4. The zero-order valence-corrected chi connectivity index (χ0v) is 14.4. The van der Waals surface area contributed by atoms with E-state index in [4.69, 9.17) is 11.6 Å². The third-order valence-corrected chi connectivity index (χ3v) is 4.84. The van der Waals surface area contributed by atoms with Crippen molar-refractivity contribution in [1.29, 1.82) is 0 Å². The highest BCUT2D eigenvalue weighted by atomic mass is 35.5. The normalized spacial score (nSPS) is 19.1. The van der Waals surface area contributed by atoms with Crippen molar-refractivity contribution in [3.8, 4) is 0 Å². The first-order valence-corrected chi connectivity index (χ1v) is 8.40. The average Bonchev–Trinajstić information content (AvgIpc) is 2.51. The number of piperazine rings is 1. The molecule has 2 aromatic carbocycles. The van der Waals surface area contributed by atoms with E-state index in [1.165, 1.54) is 23.4 Å². The van der Waals surface area contributed by atoms with Crippen molar-refractivity contribution in [1.82, 2.24) is 4.90 Å². The van der Waals surface area contributed by atoms with Crippen molar-refractivity contribution >= 4 is 17.3 Å². The second-order valence-corrected chi connectivity index (χ2v) is 6.76. The molecule has 0 radical (unpaired) electrons. The molecule has 0 aromatic heterocycles. The van der Waals surface area contributed by atoms with E-state index in [0.29, 0.717) is 11.1 Å². The van der Waals surface area contributed by atoms with Crippen LogP contribution in [-0.2, 0) is 6.54 Å². The van der Waals surface area contributed by atoms with Gasteiger partial charge in [-0.2, -0.15) is 0 Å². The van der Waals surface area contributed by atoms with Crippen LogP contribution in [-0.4, -0.2) is 30.6 Å². The lowest BCUT2D eigenvalue weighted by Crippen LogP contribution is -2.51. The van der Waals surface area contributed by atoms with E-state index in [0.717, 1.165) is 31.7 Å². The minimum absolute atomic E-state index is 0.281. The van der Waals surface area contributed by atoms with Gasteiger partial charge in [0.05, 0.1) is 0 Å². The van der Waals surface area contributed by atoms with Gasteiger partial charge in [0, 0.05) is 42.9 Å². The summed E-state index contributed by atoms with van der Waals surface area (Å²) in [5, 5.41) is 0.513. The van der Waals surface area contributed by atoms with Crippen LogP contribution in [0.5, 0.6) is 0 Å². The first-order chi connectivity index (χ1) is 11.0. The van der Waals surface area contributed by atoms with Gasteiger partial charge in [0.25, 0.3) is 0 Å². The monoisotopic (exact) mass is 332 g/mol. The van der Waals surface area contributed by atoms with Crippen LogP contribution in [0.2, 0.25) is 5.02 Å². The molecule has 1 fully saturated rings. The van der Waals surface area contributed by atoms with Gasteiger partial charge >= 0.3 is 0 Å². The summed E-state index contributed by atoms with van der Waals surface area (Å²) in [7, 11) is 0. The third-order valence-electron chi connectivity index (χ3n) is 4.49. The molecule has 1 aliphatic heterocycles. The fourth-order valence-electron chi connectivity index (χ4n) is 3.19. The Morgan fingerprint density at radius 1 is 1.13 bits per heavy atom. The molecule has 23 heavy (non-hydrogen) atoms.